The number of carbonyl (C=O) groups is 1. The van der Waals surface area contributed by atoms with Crippen LogP contribution in [0.25, 0.3) is 0 Å². The van der Waals surface area contributed by atoms with E-state index in [-0.39, 0.29) is 24.3 Å². The normalized spacial score (nSPS) is 17.7. The van der Waals surface area contributed by atoms with E-state index in [0.717, 1.165) is 56.1 Å². The molecule has 1 aliphatic carbocycles. The van der Waals surface area contributed by atoms with Crippen LogP contribution in [0.3, 0.4) is 0 Å². The van der Waals surface area contributed by atoms with Crippen molar-refractivity contribution in [1.82, 2.24) is 14.4 Å². The summed E-state index contributed by atoms with van der Waals surface area (Å²) in [6, 6.07) is 19.2. The van der Waals surface area contributed by atoms with E-state index in [0.29, 0.717) is 37.2 Å². The van der Waals surface area contributed by atoms with Gasteiger partial charge in [-0.1, -0.05) is 105 Å². The molecule has 2 heterocycles. The summed E-state index contributed by atoms with van der Waals surface area (Å²) in [7, 11) is -3.32. The molecule has 0 radical (unpaired) electrons. The summed E-state index contributed by atoms with van der Waals surface area (Å²) in [6.07, 6.45) is 8.80. The van der Waals surface area contributed by atoms with E-state index in [1.165, 1.54) is 6.42 Å². The smallest absolute Gasteiger partial charge is 0.320 e. The molecule has 2 aromatic carbocycles. The Morgan fingerprint density at radius 1 is 0.929 bits per heavy atom. The van der Waals surface area contributed by atoms with Gasteiger partial charge in [-0.05, 0) is 42.7 Å². The minimum atomic E-state index is -3.32. The largest absolute Gasteiger partial charge is 0.460 e. The molecule has 5 rings (SSSR count). The maximum Gasteiger partial charge on any atom is 0.320 e. The summed E-state index contributed by atoms with van der Waals surface area (Å²) < 4.78 is 38.3. The lowest BCUT2D eigenvalue weighted by molar-refractivity contribution is -0.143. The highest BCUT2D eigenvalue weighted by molar-refractivity contribution is 7.89. The van der Waals surface area contributed by atoms with Gasteiger partial charge in [-0.2, -0.15) is 9.29 Å². The molecular weight excluding hydrogens is 552 g/mol. The van der Waals surface area contributed by atoms with Crippen molar-refractivity contribution < 1.29 is 22.5 Å². The summed E-state index contributed by atoms with van der Waals surface area (Å²) in [6.45, 7) is 4.80. The SMILES string of the molecule is CC.NCC(=O)OCc1ccccc1.O=S(=O)(CC1CCCCC1)N1CCCCC1c1noc(Cc2ccccc2)n1. The maximum atomic E-state index is 13.2. The van der Waals surface area contributed by atoms with Gasteiger partial charge in [0.1, 0.15) is 6.61 Å². The first-order valence-corrected chi connectivity index (χ1v) is 16.8. The lowest BCUT2D eigenvalue weighted by Crippen LogP contribution is -2.41. The fourth-order valence-electron chi connectivity index (χ4n) is 5.29. The monoisotopic (exact) mass is 598 g/mol. The van der Waals surface area contributed by atoms with Crippen LogP contribution in [0.15, 0.2) is 65.2 Å². The Labute approximate surface area is 250 Å². The summed E-state index contributed by atoms with van der Waals surface area (Å²) in [5.41, 5.74) is 7.13. The van der Waals surface area contributed by atoms with Gasteiger partial charge in [0.15, 0.2) is 5.82 Å². The fraction of sp³-hybridized carbons (Fsp3) is 0.531. The van der Waals surface area contributed by atoms with E-state index in [1.807, 2.05) is 74.5 Å². The van der Waals surface area contributed by atoms with Gasteiger partial charge in [0.25, 0.3) is 0 Å². The van der Waals surface area contributed by atoms with E-state index in [4.69, 9.17) is 15.0 Å². The van der Waals surface area contributed by atoms with Crippen molar-refractivity contribution in [2.75, 3.05) is 18.8 Å². The van der Waals surface area contributed by atoms with Crippen LogP contribution in [-0.4, -0.2) is 47.7 Å². The molecule has 0 amide bonds. The van der Waals surface area contributed by atoms with Crippen LogP contribution >= 0.6 is 0 Å². The summed E-state index contributed by atoms with van der Waals surface area (Å²) >= 11 is 0. The maximum absolute atomic E-state index is 13.2. The standard InChI is InChI=1S/C21H29N3O3S.C9H11NO2.C2H6/c25-28(26,16-18-11-5-2-6-12-18)24-14-8-7-13-19(24)21-22-20(27-23-21)15-17-9-3-1-4-10-17;10-6-9(11)12-7-8-4-2-1-3-5-8;1-2/h1,3-4,9-10,18-19H,2,5-8,11-16H2;1-5H,6-7,10H2;1-2H3. The highest BCUT2D eigenvalue weighted by atomic mass is 32.2. The van der Waals surface area contributed by atoms with Gasteiger partial charge in [-0.15, -0.1) is 0 Å². The molecule has 9 nitrogen and oxygen atoms in total. The molecule has 2 aliphatic rings. The molecule has 0 spiro atoms. The van der Waals surface area contributed by atoms with Gasteiger partial charge >= 0.3 is 5.97 Å². The molecule has 1 aromatic heterocycles. The zero-order chi connectivity index (χ0) is 30.2. The lowest BCUT2D eigenvalue weighted by atomic mass is 9.91. The lowest BCUT2D eigenvalue weighted by Gasteiger charge is -2.34. The van der Waals surface area contributed by atoms with E-state index < -0.39 is 10.0 Å². The van der Waals surface area contributed by atoms with Crippen molar-refractivity contribution in [3.63, 3.8) is 0 Å². The minimum Gasteiger partial charge on any atom is -0.460 e. The Kier molecular flexibility index (Phi) is 14.1. The molecule has 1 unspecified atom stereocenters. The Morgan fingerprint density at radius 3 is 2.19 bits per heavy atom. The minimum absolute atomic E-state index is 0.0627. The molecule has 2 fully saturated rings. The first kappa shape index (κ1) is 33.4. The Bertz CT molecular complexity index is 1280. The molecule has 3 aromatic rings. The van der Waals surface area contributed by atoms with Crippen LogP contribution < -0.4 is 5.73 Å². The molecule has 1 saturated carbocycles. The molecule has 0 bridgehead atoms. The molecule has 2 N–H and O–H groups in total. The second-order valence-corrected chi connectivity index (χ2v) is 12.4. The number of benzene rings is 2. The molecule has 10 heteroatoms. The van der Waals surface area contributed by atoms with Crippen LogP contribution in [0.5, 0.6) is 0 Å². The van der Waals surface area contributed by atoms with Crippen LogP contribution in [0.4, 0.5) is 0 Å². The molecule has 1 saturated heterocycles. The Morgan fingerprint density at radius 2 is 1.55 bits per heavy atom. The number of esters is 1. The van der Waals surface area contributed by atoms with Gasteiger partial charge in [-0.25, -0.2) is 8.42 Å². The predicted octanol–water partition coefficient (Wildman–Crippen LogP) is 5.81. The summed E-state index contributed by atoms with van der Waals surface area (Å²) in [4.78, 5) is 15.2. The van der Waals surface area contributed by atoms with Gasteiger partial charge in [0.05, 0.1) is 24.8 Å². The van der Waals surface area contributed by atoms with Crippen LogP contribution in [0, 0.1) is 5.92 Å². The Balaban J connectivity index is 0.000000290. The van der Waals surface area contributed by atoms with Crippen molar-refractivity contribution >= 4 is 16.0 Å². The highest BCUT2D eigenvalue weighted by Gasteiger charge is 2.37. The van der Waals surface area contributed by atoms with Crippen molar-refractivity contribution in [3.05, 3.63) is 83.5 Å². The van der Waals surface area contributed by atoms with E-state index in [1.54, 1.807) is 4.31 Å². The number of ether oxygens (including phenoxy) is 1. The average molecular weight is 599 g/mol. The van der Waals surface area contributed by atoms with E-state index in [9.17, 15) is 13.2 Å². The van der Waals surface area contributed by atoms with E-state index >= 15 is 0 Å². The topological polar surface area (TPSA) is 129 Å². The van der Waals surface area contributed by atoms with Gasteiger partial charge in [0, 0.05) is 6.54 Å². The quantitative estimate of drug-likeness (QED) is 0.306. The molecule has 1 aliphatic heterocycles. The van der Waals surface area contributed by atoms with Crippen molar-refractivity contribution in [1.29, 1.82) is 0 Å². The molecular formula is C32H46N4O5S. The van der Waals surface area contributed by atoms with Gasteiger partial charge in [-0.3, -0.25) is 4.79 Å². The van der Waals surface area contributed by atoms with Gasteiger partial charge in [0.2, 0.25) is 15.9 Å². The molecule has 230 valence electrons. The second-order valence-electron chi connectivity index (χ2n) is 10.5. The fourth-order valence-corrected chi connectivity index (χ4v) is 7.40. The van der Waals surface area contributed by atoms with Crippen LogP contribution in [-0.2, 0) is 32.6 Å². The first-order valence-electron chi connectivity index (χ1n) is 15.2. The van der Waals surface area contributed by atoms with Crippen molar-refractivity contribution in [3.8, 4) is 0 Å². The Hall–Kier alpha value is -3.08. The third-order valence-corrected chi connectivity index (χ3v) is 9.42. The second kappa shape index (κ2) is 17.8. The number of hydrogen-bond donors (Lipinski definition) is 1. The van der Waals surface area contributed by atoms with Crippen LogP contribution in [0.1, 0.15) is 94.1 Å². The number of rotatable bonds is 9. The zero-order valence-corrected chi connectivity index (χ0v) is 25.8. The molecule has 1 atom stereocenters. The number of hydrogen-bond acceptors (Lipinski definition) is 8. The molecule has 42 heavy (non-hydrogen) atoms. The zero-order valence-electron chi connectivity index (χ0n) is 25.0. The third-order valence-electron chi connectivity index (χ3n) is 7.37. The summed E-state index contributed by atoms with van der Waals surface area (Å²) in [5.74, 6) is 1.23. The number of nitrogens with zero attached hydrogens (tertiary/aromatic N) is 3. The average Bonchev–Trinajstić information content (AvgIpc) is 3.51. The predicted molar refractivity (Wildman–Crippen MR) is 164 cm³/mol. The van der Waals surface area contributed by atoms with Gasteiger partial charge < -0.3 is 15.0 Å². The number of sulfonamides is 1. The number of aromatic nitrogens is 2. The van der Waals surface area contributed by atoms with E-state index in [2.05, 4.69) is 10.1 Å². The number of carbonyl (C=O) groups excluding carboxylic acids is 1. The van der Waals surface area contributed by atoms with Crippen molar-refractivity contribution in [2.24, 2.45) is 11.7 Å². The first-order chi connectivity index (χ1) is 20.4. The number of nitrogens with two attached hydrogens (primary N) is 1. The number of piperidine rings is 1. The van der Waals surface area contributed by atoms with Crippen LogP contribution in [0.2, 0.25) is 0 Å². The third kappa shape index (κ3) is 10.6. The van der Waals surface area contributed by atoms with Crippen molar-refractivity contribution in [2.45, 2.75) is 84.3 Å². The highest BCUT2D eigenvalue weighted by Crippen LogP contribution is 2.34. The summed E-state index contributed by atoms with van der Waals surface area (Å²) in [5, 5.41) is 4.15.